The van der Waals surface area contributed by atoms with Gasteiger partial charge in [0.05, 0.1) is 17.0 Å². The summed E-state index contributed by atoms with van der Waals surface area (Å²) in [4.78, 5) is 0. The van der Waals surface area contributed by atoms with Gasteiger partial charge in [-0.25, -0.2) is 8.42 Å². The maximum atomic E-state index is 10.1. The second-order valence-corrected chi connectivity index (χ2v) is 7.07. The topological polar surface area (TPSA) is 57.2 Å². The Kier molecular flexibility index (Phi) is 5.03. The van der Waals surface area contributed by atoms with Crippen molar-refractivity contribution in [3.8, 4) is 0 Å². The van der Waals surface area contributed by atoms with Gasteiger partial charge in [-0.3, -0.25) is 0 Å². The number of hydrogen-bond donors (Lipinski definition) is 0. The van der Waals surface area contributed by atoms with Gasteiger partial charge in [-0.15, -0.1) is 3.89 Å². The molecule has 5 heteroatoms. The van der Waals surface area contributed by atoms with Crippen molar-refractivity contribution < 1.29 is 16.9 Å². The minimum Gasteiger partial charge on any atom is -0.722 e. The fourth-order valence-electron chi connectivity index (χ4n) is 3.86. The molecule has 0 fully saturated rings. The van der Waals surface area contributed by atoms with Crippen LogP contribution in [0.2, 0.25) is 0 Å². The van der Waals surface area contributed by atoms with Crippen molar-refractivity contribution in [2.24, 2.45) is 0 Å². The molecule has 134 valence electrons. The molecule has 0 N–H and O–H groups in total. The van der Waals surface area contributed by atoms with Gasteiger partial charge in [0.15, 0.2) is 0 Å². The van der Waals surface area contributed by atoms with Crippen molar-refractivity contribution in [2.45, 2.75) is 26.2 Å². The van der Waals surface area contributed by atoms with Gasteiger partial charge in [0, 0.05) is 34.6 Å². The highest BCUT2D eigenvalue weighted by atomic mass is 32.3. The molecule has 0 heterocycles. The first-order valence-electron chi connectivity index (χ1n) is 8.44. The monoisotopic (exact) mass is 370 g/mol. The summed E-state index contributed by atoms with van der Waals surface area (Å²) >= 11 is 0. The van der Waals surface area contributed by atoms with Gasteiger partial charge in [0.2, 0.25) is 0 Å². The summed E-state index contributed by atoms with van der Waals surface area (Å²) in [6.45, 7) is 4.61. The molecule has 0 radical (unpaired) electrons. The van der Waals surface area contributed by atoms with Crippen molar-refractivity contribution in [3.63, 3.8) is 0 Å². The Labute approximate surface area is 153 Å². The van der Waals surface area contributed by atoms with Gasteiger partial charge in [-0.1, -0.05) is 25.1 Å². The Morgan fingerprint density at radius 2 is 1.62 bits per heavy atom. The van der Waals surface area contributed by atoms with E-state index in [-0.39, 0.29) is 0 Å². The average molecular weight is 370 g/mol. The van der Waals surface area contributed by atoms with Crippen LogP contribution in [0.3, 0.4) is 0 Å². The highest BCUT2D eigenvalue weighted by Crippen LogP contribution is 2.46. The number of fused-ring (bicyclic) bond motifs is 4. The van der Waals surface area contributed by atoms with E-state index < -0.39 is 10.5 Å². The molecule has 1 aliphatic carbocycles. The van der Waals surface area contributed by atoms with Crippen LogP contribution < -0.4 is 0 Å². The molecule has 3 aromatic rings. The molecule has 0 saturated carbocycles. The van der Waals surface area contributed by atoms with Crippen molar-refractivity contribution in [2.75, 3.05) is 0 Å². The van der Waals surface area contributed by atoms with Crippen molar-refractivity contribution >= 4 is 21.3 Å². The Bertz CT molecular complexity index is 1040. The van der Waals surface area contributed by atoms with Gasteiger partial charge < -0.3 is 4.55 Å². The molecule has 1 aliphatic rings. The second kappa shape index (κ2) is 7.09. The quantitative estimate of drug-likeness (QED) is 0.340. The molecule has 0 bridgehead atoms. The van der Waals surface area contributed by atoms with Crippen molar-refractivity contribution in [1.82, 2.24) is 0 Å². The third-order valence-electron chi connectivity index (χ3n) is 4.83. The summed E-state index contributed by atoms with van der Waals surface area (Å²) < 4.78 is 35.3. The van der Waals surface area contributed by atoms with Crippen LogP contribution in [0.25, 0.3) is 10.8 Å². The van der Waals surface area contributed by atoms with E-state index in [4.69, 9.17) is 13.0 Å². The first-order valence-corrected chi connectivity index (χ1v) is 9.74. The minimum atomic E-state index is -5.42. The molecule has 3 aromatic carbocycles. The number of hydrogen-bond acceptors (Lipinski definition) is 3. The lowest BCUT2D eigenvalue weighted by atomic mass is 9.71. The van der Waals surface area contributed by atoms with Crippen LogP contribution >= 0.6 is 0 Å². The molecule has 0 saturated heterocycles. The standard InChI is InChI=1S/C21H19.FHO3S/c1-3-16-19-11-7-6-9-17(19)14(2)21-18-10-5-4-8-15(18)12-13-20(16)21;1-5(2,3)4/h4-14H,3H2,1-2H3;(H,2,3,4)/q+1;/p-1. The van der Waals surface area contributed by atoms with Gasteiger partial charge in [0.1, 0.15) is 0 Å². The number of benzene rings is 3. The molecule has 26 heavy (non-hydrogen) atoms. The average Bonchev–Trinajstić information content (AvgIpc) is 2.60. The minimum absolute atomic E-state index is 0.456. The van der Waals surface area contributed by atoms with E-state index in [1.807, 2.05) is 0 Å². The summed E-state index contributed by atoms with van der Waals surface area (Å²) in [7, 11) is -5.42. The van der Waals surface area contributed by atoms with Crippen LogP contribution in [0.4, 0.5) is 3.89 Å². The SMILES string of the molecule is CC[C+]1c2ccccc2C(C)c2c1ccc1ccccc21.O=S(=O)([O-])F. The third-order valence-corrected chi connectivity index (χ3v) is 4.83. The summed E-state index contributed by atoms with van der Waals surface area (Å²) in [5.41, 5.74) is 5.86. The number of rotatable bonds is 1. The fourth-order valence-corrected chi connectivity index (χ4v) is 3.86. The van der Waals surface area contributed by atoms with Crippen LogP contribution in [0, 0.1) is 5.92 Å². The molecule has 3 nitrogen and oxygen atoms in total. The van der Waals surface area contributed by atoms with Crippen LogP contribution in [-0.2, 0) is 10.5 Å². The second-order valence-electron chi connectivity index (χ2n) is 6.28. The highest BCUT2D eigenvalue weighted by Gasteiger charge is 2.36. The molecule has 1 unspecified atom stereocenters. The van der Waals surface area contributed by atoms with E-state index in [2.05, 4.69) is 74.5 Å². The van der Waals surface area contributed by atoms with Crippen LogP contribution in [0.1, 0.15) is 48.4 Å². The Morgan fingerprint density at radius 3 is 2.31 bits per heavy atom. The molecule has 0 amide bonds. The van der Waals surface area contributed by atoms with E-state index in [1.54, 1.807) is 0 Å². The van der Waals surface area contributed by atoms with Crippen LogP contribution in [0.15, 0.2) is 60.7 Å². The molecular weight excluding hydrogens is 351 g/mol. The first-order chi connectivity index (χ1) is 12.3. The van der Waals surface area contributed by atoms with Crippen molar-refractivity contribution in [3.05, 3.63) is 88.8 Å². The fraction of sp³-hybridized carbons (Fsp3) is 0.190. The maximum Gasteiger partial charge on any atom is 0.255 e. The van der Waals surface area contributed by atoms with Gasteiger partial charge >= 0.3 is 0 Å². The smallest absolute Gasteiger partial charge is 0.255 e. The largest absolute Gasteiger partial charge is 0.722 e. The third kappa shape index (κ3) is 3.59. The normalized spacial score (nSPS) is 15.7. The van der Waals surface area contributed by atoms with E-state index in [9.17, 15) is 3.89 Å². The summed E-state index contributed by atoms with van der Waals surface area (Å²) in [5, 5.41) is 2.75. The van der Waals surface area contributed by atoms with Gasteiger partial charge in [0.25, 0.3) is 10.5 Å². The van der Waals surface area contributed by atoms with Crippen molar-refractivity contribution in [1.29, 1.82) is 0 Å². The molecule has 4 rings (SSSR count). The lowest BCUT2D eigenvalue weighted by Crippen LogP contribution is -2.17. The zero-order valence-electron chi connectivity index (χ0n) is 14.6. The molecule has 0 aliphatic heterocycles. The Hall–Kier alpha value is -2.37. The number of halogens is 1. The molecular formula is C21H19FO3S. The molecule has 0 spiro atoms. The zero-order valence-corrected chi connectivity index (χ0v) is 15.4. The van der Waals surface area contributed by atoms with E-state index in [1.165, 1.54) is 38.9 Å². The van der Waals surface area contributed by atoms with Crippen LogP contribution in [0.5, 0.6) is 0 Å². The first kappa shape index (κ1) is 18.4. The molecule has 1 atom stereocenters. The van der Waals surface area contributed by atoms with Gasteiger partial charge in [-0.05, 0) is 49.1 Å². The summed E-state index contributed by atoms with van der Waals surface area (Å²) in [6.07, 6.45) is 1.08. The Morgan fingerprint density at radius 1 is 1.00 bits per heavy atom. The molecule has 0 aromatic heterocycles. The van der Waals surface area contributed by atoms with E-state index in [0.29, 0.717) is 5.92 Å². The van der Waals surface area contributed by atoms with Crippen LogP contribution in [-0.4, -0.2) is 13.0 Å². The highest BCUT2D eigenvalue weighted by molar-refractivity contribution is 7.80. The predicted molar refractivity (Wildman–Crippen MR) is 100 cm³/mol. The maximum absolute atomic E-state index is 10.1. The summed E-state index contributed by atoms with van der Waals surface area (Å²) in [6, 6.07) is 22.3. The van der Waals surface area contributed by atoms with E-state index >= 15 is 0 Å². The summed E-state index contributed by atoms with van der Waals surface area (Å²) in [5.74, 6) is 1.95. The lowest BCUT2D eigenvalue weighted by Gasteiger charge is -2.26. The van der Waals surface area contributed by atoms with Gasteiger partial charge in [-0.2, -0.15) is 0 Å². The zero-order chi connectivity index (χ0) is 18.9. The van der Waals surface area contributed by atoms with E-state index in [0.717, 1.165) is 6.42 Å². The Balaban J connectivity index is 0.000000349. The predicted octanol–water partition coefficient (Wildman–Crippen LogP) is 5.10. The lowest BCUT2D eigenvalue weighted by molar-refractivity contribution is 0.417.